The van der Waals surface area contributed by atoms with Crippen LogP contribution in [-0.4, -0.2) is 11.6 Å². The van der Waals surface area contributed by atoms with Crippen molar-refractivity contribution in [3.05, 3.63) is 315 Å². The van der Waals surface area contributed by atoms with Gasteiger partial charge in [0.05, 0.1) is 10.8 Å². The highest BCUT2D eigenvalue weighted by atomic mass is 32.1. The van der Waals surface area contributed by atoms with Crippen molar-refractivity contribution in [3.63, 3.8) is 0 Å². The van der Waals surface area contributed by atoms with Crippen molar-refractivity contribution in [2.24, 2.45) is 0 Å². The fraction of sp³-hybridized carbons (Fsp3) is 0.0769. The van der Waals surface area contributed by atoms with Crippen molar-refractivity contribution in [1.29, 1.82) is 21.0 Å². The predicted octanol–water partition coefficient (Wildman–Crippen LogP) is 18.2. The van der Waals surface area contributed by atoms with Gasteiger partial charge in [-0.15, -0.1) is 22.7 Å². The number of carbonyl (C=O) groups is 2. The van der Waals surface area contributed by atoms with Crippen LogP contribution in [0.2, 0.25) is 0 Å². The van der Waals surface area contributed by atoms with Crippen LogP contribution < -0.4 is 0 Å². The highest BCUT2D eigenvalue weighted by Crippen LogP contribution is 2.65. The van der Waals surface area contributed by atoms with Gasteiger partial charge in [0.2, 0.25) is 0 Å². The second kappa shape index (κ2) is 19.4. The Balaban J connectivity index is 1.06. The lowest BCUT2D eigenvalue weighted by molar-refractivity contribution is 0.103. The smallest absolute Gasteiger partial charge is 0.194 e. The maximum Gasteiger partial charge on any atom is 0.194 e. The largest absolute Gasteiger partial charge is 0.289 e. The number of rotatable bonds is 6. The predicted molar refractivity (Wildman–Crippen MR) is 345 cm³/mol. The maximum absolute atomic E-state index is 14.4. The molecule has 402 valence electrons. The van der Waals surface area contributed by atoms with Gasteiger partial charge in [-0.2, -0.15) is 21.0 Å². The molecule has 4 aliphatic rings. The summed E-state index contributed by atoms with van der Waals surface area (Å²) in [6.07, 6.45) is 3.74. The molecule has 0 radical (unpaired) electrons. The number of nitriles is 4. The topological polar surface area (TPSA) is 129 Å². The lowest BCUT2D eigenvalue weighted by Crippen LogP contribution is -2.30. The first kappa shape index (κ1) is 52.0. The van der Waals surface area contributed by atoms with Gasteiger partial charge in [0.1, 0.15) is 35.4 Å². The van der Waals surface area contributed by atoms with E-state index in [0.29, 0.717) is 44.5 Å². The molecule has 2 aromatic heterocycles. The first-order valence-corrected chi connectivity index (χ1v) is 30.0. The molecule has 0 saturated heterocycles. The number of hydrogen-bond donors (Lipinski definition) is 0. The van der Waals surface area contributed by atoms with Crippen molar-refractivity contribution < 1.29 is 9.59 Å². The Bertz CT molecular complexity index is 4750. The van der Waals surface area contributed by atoms with Gasteiger partial charge in [0, 0.05) is 63.7 Å². The number of fused-ring (bicyclic) bond motifs is 12. The molecule has 4 aliphatic carbocycles. The fourth-order valence-electron chi connectivity index (χ4n) is 14.2. The van der Waals surface area contributed by atoms with Crippen LogP contribution >= 0.6 is 22.7 Å². The minimum atomic E-state index is -0.844. The average Bonchev–Trinajstić information content (AvgIpc) is 1.50. The van der Waals surface area contributed by atoms with E-state index in [1.807, 2.05) is 36.4 Å². The summed E-state index contributed by atoms with van der Waals surface area (Å²) in [5.41, 5.74) is 19.4. The van der Waals surface area contributed by atoms with Crippen LogP contribution in [0, 0.1) is 73.0 Å². The standard InChI is InChI=1S/C78H46N4O2S2/c1-43-13-23-51(24-14-43)77(52-25-15-44(2)16-26-52)65-31-21-47-33-55(35-63-69(49(39-79)40-80)57-9-5-7-11-59(57)73(63)83)85-75(47)71(65)61-38-68-62(37-67(61)77)72-66(78(68,53-27-17-45(3)18-28-53)54-29-19-46(4)20-30-54)32-22-48-34-56(86-76(48)72)36-64-70(50(41-81)42-82)58-10-6-8-12-60(58)74(64)84/h5-38H,1-4H3. The third-order valence-corrected chi connectivity index (χ3v) is 20.3. The van der Waals surface area contributed by atoms with Crippen LogP contribution in [0.5, 0.6) is 0 Å². The third-order valence-electron chi connectivity index (χ3n) is 18.1. The summed E-state index contributed by atoms with van der Waals surface area (Å²) in [7, 11) is 0. The van der Waals surface area contributed by atoms with Gasteiger partial charge < -0.3 is 0 Å². The lowest BCUT2D eigenvalue weighted by atomic mass is 9.65. The molecule has 0 amide bonds. The van der Waals surface area contributed by atoms with Gasteiger partial charge >= 0.3 is 0 Å². The van der Waals surface area contributed by atoms with Gasteiger partial charge in [-0.1, -0.05) is 192 Å². The monoisotopic (exact) mass is 1130 g/mol. The Kier molecular flexibility index (Phi) is 11.7. The first-order chi connectivity index (χ1) is 41.9. The van der Waals surface area contributed by atoms with Gasteiger partial charge in [-0.05, 0) is 142 Å². The van der Waals surface area contributed by atoms with Crippen LogP contribution in [0.3, 0.4) is 0 Å². The summed E-state index contributed by atoms with van der Waals surface area (Å²) < 4.78 is 2.09. The Labute approximate surface area is 505 Å². The van der Waals surface area contributed by atoms with E-state index in [-0.39, 0.29) is 22.7 Å². The first-order valence-electron chi connectivity index (χ1n) is 28.3. The zero-order chi connectivity index (χ0) is 58.9. The normalized spacial score (nSPS) is 15.4. The summed E-state index contributed by atoms with van der Waals surface area (Å²) in [5.74, 6) is -0.448. The molecule has 0 atom stereocenters. The average molecular weight is 1140 g/mol. The number of aryl methyl sites for hydroxylation is 4. The number of benzene rings is 9. The zero-order valence-electron chi connectivity index (χ0n) is 47.1. The minimum Gasteiger partial charge on any atom is -0.289 e. The van der Waals surface area contributed by atoms with E-state index in [4.69, 9.17) is 0 Å². The molecule has 0 spiro atoms. The Hall–Kier alpha value is -10.8. The number of carbonyl (C=O) groups excluding carboxylic acids is 2. The molecule has 0 N–H and O–H groups in total. The SMILES string of the molecule is Cc1ccc(C2(c3ccc(C)cc3)c3cc4c(cc3-c3c2ccc2cc(C=C5C(=O)c6ccccc6C5=C(C#N)C#N)sc32)C(c2ccc(C)cc2)(c2ccc(C)cc2)c2ccc3cc(C=C5C(=O)c6ccccc6C5=C(C#N)C#N)sc3c2-4)cc1. The van der Waals surface area contributed by atoms with E-state index in [1.165, 1.54) is 0 Å². The molecule has 0 aliphatic heterocycles. The molecular formula is C78H46N4O2S2. The summed E-state index contributed by atoms with van der Waals surface area (Å²) in [4.78, 5) is 30.5. The van der Waals surface area contributed by atoms with Crippen molar-refractivity contribution in [2.45, 2.75) is 38.5 Å². The van der Waals surface area contributed by atoms with E-state index in [2.05, 4.69) is 198 Å². The highest BCUT2D eigenvalue weighted by molar-refractivity contribution is 7.21. The summed E-state index contributed by atoms with van der Waals surface area (Å²) in [6, 6.07) is 76.8. The van der Waals surface area contributed by atoms with Crippen molar-refractivity contribution in [3.8, 4) is 46.5 Å². The van der Waals surface area contributed by atoms with Crippen molar-refractivity contribution in [2.75, 3.05) is 0 Å². The fourth-order valence-corrected chi connectivity index (χ4v) is 16.6. The van der Waals surface area contributed by atoms with E-state index >= 15 is 0 Å². The van der Waals surface area contributed by atoms with Crippen molar-refractivity contribution in [1.82, 2.24) is 0 Å². The Morgan fingerprint density at radius 1 is 0.372 bits per heavy atom. The van der Waals surface area contributed by atoms with Crippen LogP contribution in [0.4, 0.5) is 0 Å². The van der Waals surface area contributed by atoms with E-state index in [1.54, 1.807) is 46.9 Å². The molecule has 11 aromatic rings. The van der Waals surface area contributed by atoms with Crippen LogP contribution in [0.1, 0.15) is 108 Å². The number of Topliss-reactive ketones (excluding diaryl/α,β-unsaturated/α-hetero) is 2. The number of ketones is 2. The van der Waals surface area contributed by atoms with Gasteiger partial charge in [-0.25, -0.2) is 0 Å². The van der Waals surface area contributed by atoms with E-state index in [9.17, 15) is 30.6 Å². The Morgan fingerprint density at radius 2 is 0.686 bits per heavy atom. The summed E-state index contributed by atoms with van der Waals surface area (Å²) in [6.45, 7) is 8.48. The van der Waals surface area contributed by atoms with Gasteiger partial charge in [0.25, 0.3) is 0 Å². The second-order valence-electron chi connectivity index (χ2n) is 22.8. The summed E-state index contributed by atoms with van der Waals surface area (Å²) in [5, 5.41) is 43.1. The lowest BCUT2D eigenvalue weighted by Gasteiger charge is -2.35. The number of hydrogen-bond acceptors (Lipinski definition) is 8. The second-order valence-corrected chi connectivity index (χ2v) is 25.0. The molecule has 9 aromatic carbocycles. The third kappa shape index (κ3) is 7.25. The molecule has 8 heteroatoms. The highest BCUT2D eigenvalue weighted by Gasteiger charge is 2.53. The van der Waals surface area contributed by atoms with Crippen LogP contribution in [0.25, 0.3) is 65.7 Å². The quantitative estimate of drug-likeness (QED) is 0.120. The van der Waals surface area contributed by atoms with Crippen LogP contribution in [-0.2, 0) is 10.8 Å². The summed E-state index contributed by atoms with van der Waals surface area (Å²) >= 11 is 3.22. The molecule has 0 bridgehead atoms. The molecular weight excluding hydrogens is 1090 g/mol. The van der Waals surface area contributed by atoms with Gasteiger partial charge in [0.15, 0.2) is 11.6 Å². The molecule has 6 nitrogen and oxygen atoms in total. The maximum atomic E-state index is 14.4. The van der Waals surface area contributed by atoms with Crippen LogP contribution in [0.15, 0.2) is 216 Å². The number of allylic oxidation sites excluding steroid dienone is 6. The number of thiophene rings is 2. The molecule has 0 saturated carbocycles. The minimum absolute atomic E-state index is 0.106. The number of nitrogens with zero attached hydrogens (tertiary/aromatic N) is 4. The van der Waals surface area contributed by atoms with E-state index < -0.39 is 10.8 Å². The van der Waals surface area contributed by atoms with Crippen molar-refractivity contribution >= 4 is 77.7 Å². The zero-order valence-corrected chi connectivity index (χ0v) is 48.7. The molecule has 86 heavy (non-hydrogen) atoms. The molecule has 15 rings (SSSR count). The molecule has 0 unspecified atom stereocenters. The molecule has 2 heterocycles. The molecule has 0 fully saturated rings. The van der Waals surface area contributed by atoms with E-state index in [0.717, 1.165) is 119 Å². The van der Waals surface area contributed by atoms with Gasteiger partial charge in [-0.3, -0.25) is 9.59 Å². The Morgan fingerprint density at radius 3 is 1.00 bits per heavy atom.